The molecule has 0 amide bonds. The Morgan fingerprint density at radius 3 is 2.71 bits per heavy atom. The highest BCUT2D eigenvalue weighted by Gasteiger charge is 2.27. The van der Waals surface area contributed by atoms with Gasteiger partial charge < -0.3 is 5.11 Å². The van der Waals surface area contributed by atoms with Crippen molar-refractivity contribution in [2.75, 3.05) is 13.2 Å². The van der Waals surface area contributed by atoms with Gasteiger partial charge in [-0.2, -0.15) is 18.7 Å². The zero-order valence-electron chi connectivity index (χ0n) is 8.67. The zero-order chi connectivity index (χ0) is 12.9. The van der Waals surface area contributed by atoms with Gasteiger partial charge in [0.05, 0.1) is 12.6 Å². The number of aliphatic hydroxyl groups excluding tert-OH is 1. The van der Waals surface area contributed by atoms with Gasteiger partial charge in [-0.3, -0.25) is 4.84 Å². The first-order valence-electron chi connectivity index (χ1n) is 4.73. The van der Waals surface area contributed by atoms with Crippen LogP contribution in [0.5, 0.6) is 0 Å². The quantitative estimate of drug-likeness (QED) is 0.648. The van der Waals surface area contributed by atoms with Crippen LogP contribution >= 0.6 is 15.9 Å². The van der Waals surface area contributed by atoms with Gasteiger partial charge in [0, 0.05) is 4.47 Å². The van der Waals surface area contributed by atoms with Crippen molar-refractivity contribution in [3.8, 4) is 0 Å². The second-order valence-electron chi connectivity index (χ2n) is 3.32. The van der Waals surface area contributed by atoms with E-state index < -0.39 is 18.9 Å². The Morgan fingerprint density at radius 1 is 1.41 bits per heavy atom. The van der Waals surface area contributed by atoms with Crippen molar-refractivity contribution < 1.29 is 23.1 Å². The third kappa shape index (κ3) is 6.02. The molecule has 0 radical (unpaired) electrons. The van der Waals surface area contributed by atoms with E-state index in [9.17, 15) is 18.3 Å². The summed E-state index contributed by atoms with van der Waals surface area (Å²) in [5.41, 5.74) is 2.66. The van der Waals surface area contributed by atoms with Crippen LogP contribution in [0.15, 0.2) is 28.7 Å². The predicted octanol–water partition coefficient (Wildman–Crippen LogP) is 2.57. The van der Waals surface area contributed by atoms with Crippen molar-refractivity contribution in [1.82, 2.24) is 5.48 Å². The molecule has 0 heterocycles. The van der Waals surface area contributed by atoms with Gasteiger partial charge in [0.25, 0.3) is 0 Å². The highest BCUT2D eigenvalue weighted by Crippen LogP contribution is 2.18. The number of hydrogen-bond acceptors (Lipinski definition) is 3. The molecular weight excluding hydrogens is 303 g/mol. The summed E-state index contributed by atoms with van der Waals surface area (Å²) in [6.45, 7) is -1.51. The maximum absolute atomic E-state index is 11.7. The monoisotopic (exact) mass is 313 g/mol. The minimum atomic E-state index is -4.38. The molecule has 0 fully saturated rings. The number of hydrogen-bond donors (Lipinski definition) is 2. The number of aliphatic hydroxyl groups is 1. The fourth-order valence-corrected chi connectivity index (χ4v) is 1.52. The molecule has 0 aliphatic rings. The van der Waals surface area contributed by atoms with Gasteiger partial charge in [-0.25, -0.2) is 0 Å². The number of nitrogens with one attached hydrogen (secondary N) is 1. The molecule has 0 aliphatic carbocycles. The number of benzene rings is 1. The lowest BCUT2D eigenvalue weighted by molar-refractivity contribution is -0.191. The standard InChI is InChI=1S/C10H11BrF3NO2/c11-8-3-1-2-7(4-8)9(16)5-15-17-6-10(12,13)14/h1-4,9,15-16H,5-6H2. The summed E-state index contributed by atoms with van der Waals surface area (Å²) in [6, 6.07) is 6.85. The Balaban J connectivity index is 2.33. The predicted molar refractivity (Wildman–Crippen MR) is 59.1 cm³/mol. The lowest BCUT2D eigenvalue weighted by Gasteiger charge is -2.13. The normalized spacial score (nSPS) is 13.7. The van der Waals surface area contributed by atoms with E-state index in [1.807, 2.05) is 0 Å². The van der Waals surface area contributed by atoms with Crippen molar-refractivity contribution in [3.05, 3.63) is 34.3 Å². The number of rotatable bonds is 5. The highest BCUT2D eigenvalue weighted by molar-refractivity contribution is 9.10. The first-order chi connectivity index (χ1) is 7.88. The first-order valence-corrected chi connectivity index (χ1v) is 5.53. The third-order valence-corrected chi connectivity index (χ3v) is 2.34. The summed E-state index contributed by atoms with van der Waals surface area (Å²) in [4.78, 5) is 4.17. The topological polar surface area (TPSA) is 41.5 Å². The average Bonchev–Trinajstić information content (AvgIpc) is 2.23. The van der Waals surface area contributed by atoms with Gasteiger partial charge >= 0.3 is 6.18 Å². The zero-order valence-corrected chi connectivity index (χ0v) is 10.3. The number of halogens is 4. The molecule has 1 rings (SSSR count). The summed E-state index contributed by atoms with van der Waals surface area (Å²) in [7, 11) is 0. The van der Waals surface area contributed by atoms with Crippen LogP contribution in [0.25, 0.3) is 0 Å². The maximum atomic E-state index is 11.7. The van der Waals surface area contributed by atoms with E-state index in [1.165, 1.54) is 0 Å². The average molecular weight is 314 g/mol. The summed E-state index contributed by atoms with van der Waals surface area (Å²) in [6.07, 6.45) is -5.31. The molecule has 1 aromatic rings. The van der Waals surface area contributed by atoms with E-state index >= 15 is 0 Å². The van der Waals surface area contributed by atoms with Crippen molar-refractivity contribution in [1.29, 1.82) is 0 Å². The molecule has 2 N–H and O–H groups in total. The van der Waals surface area contributed by atoms with Crippen LogP contribution in [0, 0.1) is 0 Å². The fourth-order valence-electron chi connectivity index (χ4n) is 1.10. The molecule has 0 aromatic heterocycles. The molecule has 1 unspecified atom stereocenters. The van der Waals surface area contributed by atoms with Gasteiger partial charge in [-0.05, 0) is 17.7 Å². The molecule has 17 heavy (non-hydrogen) atoms. The second kappa shape index (κ2) is 6.34. The van der Waals surface area contributed by atoms with Crippen LogP contribution in [-0.4, -0.2) is 24.4 Å². The lowest BCUT2D eigenvalue weighted by Crippen LogP contribution is -2.28. The van der Waals surface area contributed by atoms with Crippen molar-refractivity contribution in [3.63, 3.8) is 0 Å². The molecule has 0 saturated carbocycles. The molecule has 7 heteroatoms. The summed E-state index contributed by atoms with van der Waals surface area (Å²) < 4.78 is 35.9. The van der Waals surface area contributed by atoms with Crippen LogP contribution < -0.4 is 5.48 Å². The van der Waals surface area contributed by atoms with Crippen LogP contribution in [0.3, 0.4) is 0 Å². The number of hydroxylamine groups is 1. The Bertz CT molecular complexity index is 360. The van der Waals surface area contributed by atoms with E-state index in [0.717, 1.165) is 4.47 Å². The van der Waals surface area contributed by atoms with Gasteiger partial charge in [0.1, 0.15) is 0 Å². The van der Waals surface area contributed by atoms with E-state index in [0.29, 0.717) is 5.56 Å². The van der Waals surface area contributed by atoms with Gasteiger partial charge in [-0.1, -0.05) is 28.1 Å². The maximum Gasteiger partial charge on any atom is 0.413 e. The smallest absolute Gasteiger partial charge is 0.387 e. The molecule has 1 aromatic carbocycles. The molecular formula is C10H11BrF3NO2. The minimum Gasteiger partial charge on any atom is -0.387 e. The Kier molecular flexibility index (Phi) is 5.38. The second-order valence-corrected chi connectivity index (χ2v) is 4.24. The largest absolute Gasteiger partial charge is 0.413 e. The van der Waals surface area contributed by atoms with Crippen LogP contribution in [0.2, 0.25) is 0 Å². The van der Waals surface area contributed by atoms with Gasteiger partial charge in [0.2, 0.25) is 0 Å². The molecule has 0 spiro atoms. The van der Waals surface area contributed by atoms with Crippen LogP contribution in [0.4, 0.5) is 13.2 Å². The summed E-state index contributed by atoms with van der Waals surface area (Å²) >= 11 is 3.23. The van der Waals surface area contributed by atoms with Crippen LogP contribution in [0.1, 0.15) is 11.7 Å². The van der Waals surface area contributed by atoms with Crippen LogP contribution in [-0.2, 0) is 4.84 Å². The molecule has 96 valence electrons. The molecule has 0 aliphatic heterocycles. The van der Waals surface area contributed by atoms with Crippen molar-refractivity contribution in [2.24, 2.45) is 0 Å². The minimum absolute atomic E-state index is 0.119. The van der Waals surface area contributed by atoms with Gasteiger partial charge in [-0.15, -0.1) is 0 Å². The van der Waals surface area contributed by atoms with Gasteiger partial charge in [0.15, 0.2) is 6.61 Å². The number of alkyl halides is 3. The molecule has 0 bridgehead atoms. The third-order valence-electron chi connectivity index (χ3n) is 1.85. The Morgan fingerprint density at radius 2 is 2.12 bits per heavy atom. The first kappa shape index (κ1) is 14.4. The van der Waals surface area contributed by atoms with E-state index in [1.54, 1.807) is 24.3 Å². The Hall–Kier alpha value is -0.630. The summed E-state index contributed by atoms with van der Waals surface area (Å²) in [5, 5.41) is 9.63. The van der Waals surface area contributed by atoms with E-state index in [4.69, 9.17) is 0 Å². The fraction of sp³-hybridized carbons (Fsp3) is 0.400. The SMILES string of the molecule is OC(CNOCC(F)(F)F)c1cccc(Br)c1. The summed E-state index contributed by atoms with van der Waals surface area (Å²) in [5.74, 6) is 0. The molecule has 3 nitrogen and oxygen atoms in total. The van der Waals surface area contributed by atoms with E-state index in [-0.39, 0.29) is 6.54 Å². The van der Waals surface area contributed by atoms with Crippen molar-refractivity contribution >= 4 is 15.9 Å². The van der Waals surface area contributed by atoms with Crippen molar-refractivity contribution in [2.45, 2.75) is 12.3 Å². The highest BCUT2D eigenvalue weighted by atomic mass is 79.9. The lowest BCUT2D eigenvalue weighted by atomic mass is 10.1. The molecule has 0 saturated heterocycles. The Labute approximate surface area is 105 Å². The van der Waals surface area contributed by atoms with E-state index in [2.05, 4.69) is 26.2 Å². The molecule has 1 atom stereocenters.